The number of hydrogen-bond donors (Lipinski definition) is 1. The van der Waals surface area contributed by atoms with E-state index in [4.69, 9.17) is 9.63 Å². The molecule has 1 N–H and O–H groups in total. The normalized spacial score (nSPS) is 10.6. The first-order valence-electron chi connectivity index (χ1n) is 5.49. The quantitative estimate of drug-likeness (QED) is 0.869. The summed E-state index contributed by atoms with van der Waals surface area (Å²) in [6, 6.07) is 7.83. The summed E-state index contributed by atoms with van der Waals surface area (Å²) < 4.78 is 6.07. The predicted octanol–water partition coefficient (Wildman–Crippen LogP) is 2.74. The zero-order valence-corrected chi connectivity index (χ0v) is 12.3. The lowest BCUT2D eigenvalue weighted by Crippen LogP contribution is -1.98. The van der Waals surface area contributed by atoms with Crippen LogP contribution in [-0.2, 0) is 17.0 Å². The minimum atomic E-state index is -0.849. The van der Waals surface area contributed by atoms with Crippen molar-refractivity contribution in [3.8, 4) is 0 Å². The summed E-state index contributed by atoms with van der Waals surface area (Å²) in [5, 5.41) is 12.4. The summed E-state index contributed by atoms with van der Waals surface area (Å²) >= 11 is 4.70. The monoisotopic (exact) mass is 342 g/mol. The van der Waals surface area contributed by atoms with Gasteiger partial charge in [0.15, 0.2) is 5.82 Å². The smallest absolute Gasteiger partial charge is 0.313 e. The van der Waals surface area contributed by atoms with Gasteiger partial charge < -0.3 is 9.63 Å². The molecule has 7 heteroatoms. The summed E-state index contributed by atoms with van der Waals surface area (Å²) in [6.07, 6.45) is 0.578. The molecule has 0 spiro atoms. The highest BCUT2D eigenvalue weighted by atomic mass is 79.9. The molecule has 19 heavy (non-hydrogen) atoms. The summed E-state index contributed by atoms with van der Waals surface area (Å²) in [7, 11) is 0. The maximum atomic E-state index is 10.4. The van der Waals surface area contributed by atoms with Gasteiger partial charge in [0.05, 0.1) is 11.5 Å². The molecule has 0 unspecified atom stereocenters. The van der Waals surface area contributed by atoms with Crippen molar-refractivity contribution in [2.24, 2.45) is 0 Å². The first-order valence-corrected chi connectivity index (χ1v) is 7.44. The van der Waals surface area contributed by atoms with Crippen LogP contribution in [0, 0.1) is 0 Å². The Morgan fingerprint density at radius 1 is 1.42 bits per heavy atom. The van der Waals surface area contributed by atoms with Gasteiger partial charge in [-0.3, -0.25) is 4.79 Å². The lowest BCUT2D eigenvalue weighted by atomic mass is 10.1. The van der Waals surface area contributed by atoms with Crippen molar-refractivity contribution in [1.82, 2.24) is 10.1 Å². The van der Waals surface area contributed by atoms with E-state index in [1.807, 2.05) is 24.3 Å². The number of halogens is 1. The molecule has 2 rings (SSSR count). The van der Waals surface area contributed by atoms with Gasteiger partial charge in [0, 0.05) is 10.9 Å². The Bertz CT molecular complexity index is 574. The van der Waals surface area contributed by atoms with Gasteiger partial charge in [-0.15, -0.1) is 11.8 Å². The van der Waals surface area contributed by atoms with Crippen molar-refractivity contribution in [2.75, 3.05) is 5.75 Å². The Morgan fingerprint density at radius 2 is 2.21 bits per heavy atom. The molecule has 100 valence electrons. The molecule has 0 atom stereocenters. The Morgan fingerprint density at radius 3 is 2.95 bits per heavy atom. The van der Waals surface area contributed by atoms with E-state index in [1.165, 1.54) is 11.8 Å². The Labute approximate surface area is 122 Å². The minimum Gasteiger partial charge on any atom is -0.481 e. The second-order valence-electron chi connectivity index (χ2n) is 3.76. The standard InChI is InChI=1S/C12H11BrN2O3S/c13-9-4-2-1-3-8(9)5-10-14-11(18-15-10)6-19-7-12(16)17/h1-4H,5-7H2,(H,16,17). The van der Waals surface area contributed by atoms with E-state index >= 15 is 0 Å². The van der Waals surface area contributed by atoms with Crippen LogP contribution < -0.4 is 0 Å². The van der Waals surface area contributed by atoms with Gasteiger partial charge >= 0.3 is 5.97 Å². The molecular formula is C12H11BrN2O3S. The molecule has 0 bridgehead atoms. The van der Waals surface area contributed by atoms with Gasteiger partial charge in [0.2, 0.25) is 5.89 Å². The van der Waals surface area contributed by atoms with E-state index in [0.717, 1.165) is 10.0 Å². The number of nitrogens with zero attached hydrogens (tertiary/aromatic N) is 2. The molecule has 1 heterocycles. The number of benzene rings is 1. The van der Waals surface area contributed by atoms with Gasteiger partial charge in [0.25, 0.3) is 0 Å². The topological polar surface area (TPSA) is 76.2 Å². The van der Waals surface area contributed by atoms with E-state index in [9.17, 15) is 4.79 Å². The first-order chi connectivity index (χ1) is 9.15. The summed E-state index contributed by atoms with van der Waals surface area (Å²) in [5.41, 5.74) is 1.08. The summed E-state index contributed by atoms with van der Waals surface area (Å²) in [5.74, 6) is 0.640. The third kappa shape index (κ3) is 4.36. The van der Waals surface area contributed by atoms with Crippen LogP contribution in [0.1, 0.15) is 17.3 Å². The lowest BCUT2D eigenvalue weighted by Gasteiger charge is -1.99. The maximum absolute atomic E-state index is 10.4. The van der Waals surface area contributed by atoms with Crippen molar-refractivity contribution < 1.29 is 14.4 Å². The van der Waals surface area contributed by atoms with Crippen LogP contribution in [0.2, 0.25) is 0 Å². The number of thioether (sulfide) groups is 1. The number of aromatic nitrogens is 2. The van der Waals surface area contributed by atoms with Gasteiger partial charge in [-0.1, -0.05) is 39.3 Å². The van der Waals surface area contributed by atoms with Crippen molar-refractivity contribution >= 4 is 33.7 Å². The zero-order valence-electron chi connectivity index (χ0n) is 9.88. The van der Waals surface area contributed by atoms with Crippen LogP contribution in [0.15, 0.2) is 33.3 Å². The number of carboxylic acid groups (broad SMARTS) is 1. The molecule has 0 aliphatic carbocycles. The molecule has 0 aliphatic rings. The number of carboxylic acids is 1. The maximum Gasteiger partial charge on any atom is 0.313 e. The van der Waals surface area contributed by atoms with E-state index in [-0.39, 0.29) is 5.75 Å². The minimum absolute atomic E-state index is 0.0297. The summed E-state index contributed by atoms with van der Waals surface area (Å²) in [6.45, 7) is 0. The molecular weight excluding hydrogens is 332 g/mol. The molecule has 1 aromatic carbocycles. The third-order valence-corrected chi connectivity index (χ3v) is 3.94. The highest BCUT2D eigenvalue weighted by Gasteiger charge is 2.09. The summed E-state index contributed by atoms with van der Waals surface area (Å²) in [4.78, 5) is 14.6. The second kappa shape index (κ2) is 6.72. The molecule has 0 radical (unpaired) electrons. The fourth-order valence-electron chi connectivity index (χ4n) is 1.46. The van der Waals surface area contributed by atoms with Crippen molar-refractivity contribution in [3.05, 3.63) is 46.0 Å². The lowest BCUT2D eigenvalue weighted by molar-refractivity contribution is -0.133. The average Bonchev–Trinajstić information content (AvgIpc) is 2.79. The van der Waals surface area contributed by atoms with Gasteiger partial charge in [0.1, 0.15) is 0 Å². The molecule has 1 aromatic heterocycles. The largest absolute Gasteiger partial charge is 0.481 e. The number of hydrogen-bond acceptors (Lipinski definition) is 5. The Kier molecular flexibility index (Phi) is 4.98. The third-order valence-electron chi connectivity index (χ3n) is 2.27. The van der Waals surface area contributed by atoms with E-state index in [2.05, 4.69) is 26.1 Å². The van der Waals surface area contributed by atoms with Crippen LogP contribution in [-0.4, -0.2) is 27.0 Å². The molecule has 0 amide bonds. The number of carbonyl (C=O) groups is 1. The average molecular weight is 343 g/mol. The highest BCUT2D eigenvalue weighted by Crippen LogP contribution is 2.19. The second-order valence-corrected chi connectivity index (χ2v) is 5.60. The van der Waals surface area contributed by atoms with Gasteiger partial charge in [-0.2, -0.15) is 4.98 Å². The predicted molar refractivity (Wildman–Crippen MR) is 75.0 cm³/mol. The highest BCUT2D eigenvalue weighted by molar-refractivity contribution is 9.10. The van der Waals surface area contributed by atoms with Crippen molar-refractivity contribution in [1.29, 1.82) is 0 Å². The Balaban J connectivity index is 1.94. The van der Waals surface area contributed by atoms with E-state index < -0.39 is 5.97 Å². The number of aliphatic carboxylic acids is 1. The fraction of sp³-hybridized carbons (Fsp3) is 0.250. The molecule has 0 saturated heterocycles. The van der Waals surface area contributed by atoms with Crippen LogP contribution in [0.5, 0.6) is 0 Å². The van der Waals surface area contributed by atoms with Crippen LogP contribution in [0.4, 0.5) is 0 Å². The fourth-order valence-corrected chi connectivity index (χ4v) is 2.45. The van der Waals surface area contributed by atoms with E-state index in [1.54, 1.807) is 0 Å². The van der Waals surface area contributed by atoms with Crippen LogP contribution in [0.3, 0.4) is 0 Å². The SMILES string of the molecule is O=C(O)CSCc1nc(Cc2ccccc2Br)no1. The van der Waals surface area contributed by atoms with Crippen LogP contribution in [0.25, 0.3) is 0 Å². The molecule has 5 nitrogen and oxygen atoms in total. The first kappa shape index (κ1) is 14.1. The van der Waals surface area contributed by atoms with Gasteiger partial charge in [-0.25, -0.2) is 0 Å². The van der Waals surface area contributed by atoms with Crippen molar-refractivity contribution in [2.45, 2.75) is 12.2 Å². The Hall–Kier alpha value is -1.34. The van der Waals surface area contributed by atoms with E-state index in [0.29, 0.717) is 23.9 Å². The van der Waals surface area contributed by atoms with Crippen LogP contribution >= 0.6 is 27.7 Å². The molecule has 0 fully saturated rings. The number of rotatable bonds is 6. The molecule has 0 aliphatic heterocycles. The van der Waals surface area contributed by atoms with Crippen molar-refractivity contribution in [3.63, 3.8) is 0 Å². The van der Waals surface area contributed by atoms with Gasteiger partial charge in [-0.05, 0) is 11.6 Å². The molecule has 0 saturated carbocycles. The molecule has 2 aromatic rings. The zero-order chi connectivity index (χ0) is 13.7.